The van der Waals surface area contributed by atoms with E-state index in [1.807, 2.05) is 6.92 Å². The Morgan fingerprint density at radius 3 is 2.81 bits per heavy atom. The third-order valence-corrected chi connectivity index (χ3v) is 3.86. The first-order valence-corrected chi connectivity index (χ1v) is 6.27. The number of aryl methyl sites for hydroxylation is 1. The summed E-state index contributed by atoms with van der Waals surface area (Å²) in [5, 5.41) is 11.4. The average Bonchev–Trinajstić information content (AvgIpc) is 2.26. The summed E-state index contributed by atoms with van der Waals surface area (Å²) in [6, 6.07) is 1.58. The largest absolute Gasteiger partial charge is 0.287 e. The molecule has 0 N–H and O–H groups in total. The zero-order chi connectivity index (χ0) is 12.1. The van der Waals surface area contributed by atoms with Gasteiger partial charge in [0, 0.05) is 11.8 Å². The lowest BCUT2D eigenvalue weighted by atomic mass is 10.2. The lowest BCUT2D eigenvalue weighted by molar-refractivity contribution is -0.385. The zero-order valence-electron chi connectivity index (χ0n) is 9.77. The molecule has 0 aliphatic carbocycles. The van der Waals surface area contributed by atoms with Gasteiger partial charge in [-0.2, -0.15) is 0 Å². The third kappa shape index (κ3) is 3.48. The Morgan fingerprint density at radius 1 is 1.62 bits per heavy atom. The molecular weight excluding hydrogens is 224 g/mol. The molecule has 1 rings (SSSR count). The molecule has 0 aromatic carbocycles. The van der Waals surface area contributed by atoms with Crippen molar-refractivity contribution in [2.45, 2.75) is 32.2 Å². The van der Waals surface area contributed by atoms with E-state index in [2.05, 4.69) is 18.8 Å². The molecule has 16 heavy (non-hydrogen) atoms. The molecule has 0 spiro atoms. The molecule has 0 aliphatic heterocycles. The van der Waals surface area contributed by atoms with Crippen molar-refractivity contribution in [2.24, 2.45) is 5.92 Å². The van der Waals surface area contributed by atoms with E-state index in [-0.39, 0.29) is 5.69 Å². The summed E-state index contributed by atoms with van der Waals surface area (Å²) >= 11 is 1.67. The fraction of sp³-hybridized carbons (Fsp3) is 0.545. The number of nitro groups is 1. The number of rotatable bonds is 5. The molecule has 0 saturated carbocycles. The minimum Gasteiger partial charge on any atom is -0.258 e. The molecule has 0 amide bonds. The summed E-state index contributed by atoms with van der Waals surface area (Å²) in [6.45, 7) is 6.20. The average molecular weight is 240 g/mol. The minimum atomic E-state index is -0.414. The van der Waals surface area contributed by atoms with E-state index >= 15 is 0 Å². The second kappa shape index (κ2) is 5.84. The molecule has 88 valence electrons. The molecule has 0 radical (unpaired) electrons. The maximum absolute atomic E-state index is 10.5. The van der Waals surface area contributed by atoms with E-state index in [9.17, 15) is 10.1 Å². The van der Waals surface area contributed by atoms with E-state index in [1.165, 1.54) is 6.20 Å². The highest BCUT2D eigenvalue weighted by Gasteiger charge is 2.10. The second-order valence-electron chi connectivity index (χ2n) is 3.90. The smallest absolute Gasteiger partial charge is 0.258 e. The standard InChI is InChI=1S/C11H16N2O2S/c1-4-8(2)7-16-11-9(3)5-10(6-12-11)13(14)15/h5-6,8H,4,7H2,1-3H3. The van der Waals surface area contributed by atoms with E-state index in [0.29, 0.717) is 5.92 Å². The van der Waals surface area contributed by atoms with Crippen LogP contribution in [0.4, 0.5) is 5.69 Å². The van der Waals surface area contributed by atoms with Gasteiger partial charge in [-0.3, -0.25) is 10.1 Å². The van der Waals surface area contributed by atoms with Gasteiger partial charge in [0.05, 0.1) is 9.95 Å². The summed E-state index contributed by atoms with van der Waals surface area (Å²) in [4.78, 5) is 14.2. The highest BCUT2D eigenvalue weighted by molar-refractivity contribution is 7.99. The van der Waals surface area contributed by atoms with Gasteiger partial charge in [0.15, 0.2) is 0 Å². The third-order valence-electron chi connectivity index (χ3n) is 2.43. The molecule has 0 aliphatic rings. The van der Waals surface area contributed by atoms with E-state index in [0.717, 1.165) is 22.8 Å². The van der Waals surface area contributed by atoms with Crippen molar-refractivity contribution in [3.63, 3.8) is 0 Å². The number of hydrogen-bond donors (Lipinski definition) is 0. The maximum Gasteiger partial charge on any atom is 0.287 e. The molecule has 0 bridgehead atoms. The first-order valence-electron chi connectivity index (χ1n) is 5.28. The Bertz CT molecular complexity index is 382. The van der Waals surface area contributed by atoms with E-state index < -0.39 is 4.92 Å². The molecule has 1 atom stereocenters. The van der Waals surface area contributed by atoms with Crippen LogP contribution in [0.2, 0.25) is 0 Å². The van der Waals surface area contributed by atoms with Gasteiger partial charge in [0.1, 0.15) is 6.20 Å². The van der Waals surface area contributed by atoms with Crippen molar-refractivity contribution in [2.75, 3.05) is 5.75 Å². The summed E-state index contributed by atoms with van der Waals surface area (Å²) in [7, 11) is 0. The van der Waals surface area contributed by atoms with Gasteiger partial charge < -0.3 is 0 Å². The number of nitrogens with zero attached hydrogens (tertiary/aromatic N) is 2. The van der Waals surface area contributed by atoms with Gasteiger partial charge in [-0.05, 0) is 18.4 Å². The quantitative estimate of drug-likeness (QED) is 0.449. The Hall–Kier alpha value is -1.10. The van der Waals surface area contributed by atoms with Crippen LogP contribution in [0.5, 0.6) is 0 Å². The highest BCUT2D eigenvalue weighted by atomic mass is 32.2. The molecule has 0 fully saturated rings. The van der Waals surface area contributed by atoms with Crippen molar-refractivity contribution in [1.29, 1.82) is 0 Å². The monoisotopic (exact) mass is 240 g/mol. The van der Waals surface area contributed by atoms with Crippen molar-refractivity contribution in [3.8, 4) is 0 Å². The lowest BCUT2D eigenvalue weighted by Crippen LogP contribution is -1.98. The van der Waals surface area contributed by atoms with E-state index in [4.69, 9.17) is 0 Å². The van der Waals surface area contributed by atoms with Gasteiger partial charge in [-0.1, -0.05) is 20.3 Å². The van der Waals surface area contributed by atoms with Crippen LogP contribution in [0, 0.1) is 23.0 Å². The summed E-state index contributed by atoms with van der Waals surface area (Å²) in [5.74, 6) is 1.64. The molecular formula is C11H16N2O2S. The summed E-state index contributed by atoms with van der Waals surface area (Å²) in [5.41, 5.74) is 0.938. The minimum absolute atomic E-state index is 0.0605. The number of aromatic nitrogens is 1. The van der Waals surface area contributed by atoms with Crippen LogP contribution < -0.4 is 0 Å². The number of thioether (sulfide) groups is 1. The van der Waals surface area contributed by atoms with Crippen LogP contribution >= 0.6 is 11.8 Å². The Labute approximate surface area is 99.6 Å². The molecule has 1 unspecified atom stereocenters. The van der Waals surface area contributed by atoms with Crippen molar-refractivity contribution < 1.29 is 4.92 Å². The molecule has 5 heteroatoms. The van der Waals surface area contributed by atoms with Gasteiger partial charge in [0.2, 0.25) is 0 Å². The van der Waals surface area contributed by atoms with Crippen molar-refractivity contribution in [1.82, 2.24) is 4.98 Å². The fourth-order valence-corrected chi connectivity index (χ4v) is 2.23. The molecule has 0 saturated heterocycles. The van der Waals surface area contributed by atoms with Crippen LogP contribution in [0.15, 0.2) is 17.3 Å². The number of hydrogen-bond acceptors (Lipinski definition) is 4. The zero-order valence-corrected chi connectivity index (χ0v) is 10.6. The molecule has 4 nitrogen and oxygen atoms in total. The van der Waals surface area contributed by atoms with Crippen LogP contribution in [0.3, 0.4) is 0 Å². The normalized spacial score (nSPS) is 12.4. The predicted octanol–water partition coefficient (Wildman–Crippen LogP) is 3.44. The van der Waals surface area contributed by atoms with Crippen LogP contribution in [-0.2, 0) is 0 Å². The van der Waals surface area contributed by atoms with Gasteiger partial charge in [0.25, 0.3) is 5.69 Å². The van der Waals surface area contributed by atoms with Crippen LogP contribution in [0.1, 0.15) is 25.8 Å². The SMILES string of the molecule is CCC(C)CSc1ncc([N+](=O)[O-])cc1C. The van der Waals surface area contributed by atoms with E-state index in [1.54, 1.807) is 17.8 Å². The predicted molar refractivity (Wildman–Crippen MR) is 65.8 cm³/mol. The van der Waals surface area contributed by atoms with Gasteiger partial charge >= 0.3 is 0 Å². The molecule has 1 heterocycles. The van der Waals surface area contributed by atoms with Crippen molar-refractivity contribution >= 4 is 17.4 Å². The van der Waals surface area contributed by atoms with Crippen molar-refractivity contribution in [3.05, 3.63) is 27.9 Å². The lowest BCUT2D eigenvalue weighted by Gasteiger charge is -2.08. The maximum atomic E-state index is 10.5. The number of pyridine rings is 1. The highest BCUT2D eigenvalue weighted by Crippen LogP contribution is 2.25. The summed E-state index contributed by atoms with van der Waals surface area (Å²) in [6.07, 6.45) is 2.46. The second-order valence-corrected chi connectivity index (χ2v) is 4.91. The first-order chi connectivity index (χ1) is 7.54. The fourth-order valence-electron chi connectivity index (χ4n) is 1.14. The van der Waals surface area contributed by atoms with Crippen LogP contribution in [0.25, 0.3) is 0 Å². The van der Waals surface area contributed by atoms with Crippen LogP contribution in [-0.4, -0.2) is 15.7 Å². The van der Waals surface area contributed by atoms with Gasteiger partial charge in [-0.25, -0.2) is 4.98 Å². The molecule has 1 aromatic rings. The Kier molecular flexibility index (Phi) is 4.73. The topological polar surface area (TPSA) is 56.0 Å². The Morgan fingerprint density at radius 2 is 2.31 bits per heavy atom. The van der Waals surface area contributed by atoms with Gasteiger partial charge in [-0.15, -0.1) is 11.8 Å². The Balaban J connectivity index is 2.72. The molecule has 1 aromatic heterocycles. The first kappa shape index (κ1) is 13.0. The summed E-state index contributed by atoms with van der Waals surface area (Å²) < 4.78 is 0.